The zero-order valence-electron chi connectivity index (χ0n) is 20.0. The van der Waals surface area contributed by atoms with Crippen LogP contribution in [0.5, 0.6) is 0 Å². The van der Waals surface area contributed by atoms with Crippen molar-refractivity contribution in [3.8, 4) is 0 Å². The van der Waals surface area contributed by atoms with E-state index in [0.717, 1.165) is 29.5 Å². The molecule has 0 radical (unpaired) electrons. The molecule has 1 unspecified atom stereocenters. The summed E-state index contributed by atoms with van der Waals surface area (Å²) >= 11 is 0.873. The van der Waals surface area contributed by atoms with Gasteiger partial charge in [0.1, 0.15) is 23.2 Å². The molecule has 1 atom stereocenters. The Morgan fingerprint density at radius 1 is 1.31 bits per heavy atom. The first kappa shape index (κ1) is 24.5. The number of carbonyl (C=O) groups is 3. The average Bonchev–Trinajstić information content (AvgIpc) is 3.19. The number of nitrogens with one attached hydrogen (secondary N) is 1. The molecule has 13 heteroatoms. The first-order valence-corrected chi connectivity index (χ1v) is 13.6. The summed E-state index contributed by atoms with van der Waals surface area (Å²) < 4.78 is 31.7. The van der Waals surface area contributed by atoms with Crippen LogP contribution in [-0.4, -0.2) is 68.2 Å². The lowest BCUT2D eigenvalue weighted by Crippen LogP contribution is -2.53. The number of aryl methyl sites for hydroxylation is 1. The molecule has 36 heavy (non-hydrogen) atoms. The molecule has 0 spiro atoms. The SMILES string of the molecule is C=C1C(=O)C(C)=CN=C1C[N+]1=C2SC(S(=O)(=O)NC3(C)CC3)=CC2C(=O)N(Cc2cnn(C)c2)C1=O. The Morgan fingerprint density at radius 2 is 2.03 bits per heavy atom. The molecule has 3 aliphatic heterocycles. The molecule has 0 saturated heterocycles. The number of nitrogens with zero attached hydrogens (tertiary/aromatic N) is 5. The number of hydrogen-bond acceptors (Lipinski definition) is 8. The number of carbonyl (C=O) groups excluding carboxylic acids is 3. The zero-order valence-corrected chi connectivity index (χ0v) is 21.6. The van der Waals surface area contributed by atoms with Gasteiger partial charge in [-0.3, -0.25) is 14.5 Å². The molecule has 4 aliphatic rings. The number of thioether (sulfide) groups is 1. The molecule has 0 aromatic carbocycles. The molecule has 4 heterocycles. The van der Waals surface area contributed by atoms with Crippen molar-refractivity contribution in [3.63, 3.8) is 0 Å². The van der Waals surface area contributed by atoms with E-state index in [2.05, 4.69) is 21.4 Å². The Hall–Kier alpha value is -3.16. The Balaban J connectivity index is 1.54. The monoisotopic (exact) mass is 529 g/mol. The maximum atomic E-state index is 13.6. The van der Waals surface area contributed by atoms with Crippen molar-refractivity contribution in [2.24, 2.45) is 18.0 Å². The average molecular weight is 530 g/mol. The predicted octanol–water partition coefficient (Wildman–Crippen LogP) is 1.45. The van der Waals surface area contributed by atoms with Crippen LogP contribution in [0, 0.1) is 5.92 Å². The standard InChI is InChI=1S/C23H25N6O5S2/c1-13-8-24-17(14(2)19(13)30)12-29-21-16(7-18(35-21)36(33,34)26-23(3)5-6-23)20(31)28(22(29)32)11-15-9-25-27(4)10-15/h7-10,16,26H,2,5-6,11-12H2,1,3-4H3/q+1. The van der Waals surface area contributed by atoms with E-state index in [9.17, 15) is 22.8 Å². The van der Waals surface area contributed by atoms with Gasteiger partial charge in [-0.25, -0.2) is 17.9 Å². The van der Waals surface area contributed by atoms with Crippen LogP contribution >= 0.6 is 11.8 Å². The minimum Gasteiger partial charge on any atom is -0.289 e. The van der Waals surface area contributed by atoms with Crippen molar-refractivity contribution < 1.29 is 27.4 Å². The van der Waals surface area contributed by atoms with Gasteiger partial charge in [0.15, 0.2) is 10.8 Å². The van der Waals surface area contributed by atoms with E-state index in [1.54, 1.807) is 31.0 Å². The molecule has 1 saturated carbocycles. The summed E-state index contributed by atoms with van der Waals surface area (Å²) in [6.45, 7) is 7.11. The first-order chi connectivity index (χ1) is 16.9. The van der Waals surface area contributed by atoms with Gasteiger partial charge in [0.05, 0.1) is 11.9 Å². The van der Waals surface area contributed by atoms with Crippen LogP contribution in [0.4, 0.5) is 4.79 Å². The van der Waals surface area contributed by atoms with Crippen molar-refractivity contribution in [2.45, 2.75) is 38.8 Å². The Kier molecular flexibility index (Phi) is 5.76. The number of aromatic nitrogens is 2. The minimum atomic E-state index is -3.89. The largest absolute Gasteiger partial charge is 0.502 e. The van der Waals surface area contributed by atoms with Gasteiger partial charge in [0.25, 0.3) is 0 Å². The highest BCUT2D eigenvalue weighted by Gasteiger charge is 2.53. The minimum absolute atomic E-state index is 0.0266. The second-order valence-corrected chi connectivity index (χ2v) is 12.6. The summed E-state index contributed by atoms with van der Waals surface area (Å²) in [5.41, 5.74) is 1.01. The summed E-state index contributed by atoms with van der Waals surface area (Å²) in [7, 11) is -2.17. The van der Waals surface area contributed by atoms with Crippen molar-refractivity contribution in [1.29, 1.82) is 0 Å². The number of Topliss-reactive ketones (excluding diaryl/α,β-unsaturated/α-hetero) is 1. The lowest BCUT2D eigenvalue weighted by atomic mass is 9.99. The van der Waals surface area contributed by atoms with E-state index in [4.69, 9.17) is 0 Å². The Bertz CT molecular complexity index is 1480. The van der Waals surface area contributed by atoms with E-state index < -0.39 is 33.4 Å². The maximum absolute atomic E-state index is 13.6. The van der Waals surface area contributed by atoms with E-state index in [1.807, 2.05) is 6.92 Å². The molecule has 1 aromatic rings. The summed E-state index contributed by atoms with van der Waals surface area (Å²) in [6, 6.07) is -0.633. The number of aliphatic imine (C=N–C) groups is 1. The molecular weight excluding hydrogens is 504 g/mol. The van der Waals surface area contributed by atoms with Gasteiger partial charge in [-0.05, 0) is 44.5 Å². The smallest absolute Gasteiger partial charge is 0.289 e. The highest BCUT2D eigenvalue weighted by Crippen LogP contribution is 2.42. The summed E-state index contributed by atoms with van der Waals surface area (Å²) in [6.07, 6.45) is 7.51. The molecule has 11 nitrogen and oxygen atoms in total. The normalized spacial score (nSPS) is 23.6. The number of imide groups is 1. The van der Waals surface area contributed by atoms with Gasteiger partial charge in [-0.15, -0.1) is 0 Å². The fourth-order valence-electron chi connectivity index (χ4n) is 4.11. The first-order valence-electron chi connectivity index (χ1n) is 11.3. The van der Waals surface area contributed by atoms with Gasteiger partial charge in [0.2, 0.25) is 10.0 Å². The third-order valence-corrected chi connectivity index (χ3v) is 9.84. The van der Waals surface area contributed by atoms with Gasteiger partial charge >= 0.3 is 11.9 Å². The van der Waals surface area contributed by atoms with E-state index in [-0.39, 0.29) is 39.4 Å². The molecule has 188 valence electrons. The third-order valence-electron chi connectivity index (χ3n) is 6.48. The number of urea groups is 1. The molecule has 0 bridgehead atoms. The molecule has 1 aromatic heterocycles. The van der Waals surface area contributed by atoms with Crippen molar-refractivity contribution >= 4 is 50.3 Å². The van der Waals surface area contributed by atoms with E-state index in [1.165, 1.54) is 16.9 Å². The second kappa shape index (κ2) is 8.46. The van der Waals surface area contributed by atoms with Crippen LogP contribution in [-0.2, 0) is 33.2 Å². The third kappa shape index (κ3) is 4.31. The Morgan fingerprint density at radius 3 is 2.67 bits per heavy atom. The van der Waals surface area contributed by atoms with Gasteiger partial charge < -0.3 is 0 Å². The summed E-state index contributed by atoms with van der Waals surface area (Å²) in [4.78, 5) is 44.8. The number of sulfonamides is 1. The predicted molar refractivity (Wildman–Crippen MR) is 133 cm³/mol. The van der Waals surface area contributed by atoms with Crippen LogP contribution in [0.1, 0.15) is 32.3 Å². The van der Waals surface area contributed by atoms with Crippen LogP contribution in [0.2, 0.25) is 0 Å². The van der Waals surface area contributed by atoms with Crippen molar-refractivity contribution in [3.05, 3.63) is 52.2 Å². The lowest BCUT2D eigenvalue weighted by molar-refractivity contribution is -0.421. The number of fused-ring (bicyclic) bond motifs is 1. The van der Waals surface area contributed by atoms with E-state index >= 15 is 0 Å². The highest BCUT2D eigenvalue weighted by molar-refractivity contribution is 8.27. The van der Waals surface area contributed by atoms with Crippen molar-refractivity contribution in [1.82, 2.24) is 19.4 Å². The molecular formula is C23H25N6O5S2+. The van der Waals surface area contributed by atoms with Gasteiger partial charge in [-0.2, -0.15) is 19.4 Å². The summed E-state index contributed by atoms with van der Waals surface area (Å²) in [5.74, 6) is -1.77. The fraction of sp³-hybridized carbons (Fsp3) is 0.391. The van der Waals surface area contributed by atoms with Crippen LogP contribution in [0.25, 0.3) is 0 Å². The second-order valence-electron chi connectivity index (χ2n) is 9.58. The van der Waals surface area contributed by atoms with Crippen LogP contribution in [0.3, 0.4) is 0 Å². The van der Waals surface area contributed by atoms with Gasteiger partial charge in [0, 0.05) is 41.7 Å². The number of hydrogen-bond donors (Lipinski definition) is 1. The Labute approximate surface area is 212 Å². The summed E-state index contributed by atoms with van der Waals surface area (Å²) in [5, 5.41) is 4.36. The molecule has 5 rings (SSSR count). The van der Waals surface area contributed by atoms with Gasteiger partial charge in [-0.1, -0.05) is 6.58 Å². The topological polar surface area (TPSA) is 134 Å². The number of amides is 3. The van der Waals surface area contributed by atoms with Crippen molar-refractivity contribution in [2.75, 3.05) is 6.54 Å². The highest BCUT2D eigenvalue weighted by atomic mass is 32.3. The maximum Gasteiger partial charge on any atom is 0.502 e. The fourth-order valence-corrected chi connectivity index (χ4v) is 7.16. The number of ketones is 1. The number of rotatable bonds is 7. The van der Waals surface area contributed by atoms with Crippen LogP contribution in [0.15, 0.2) is 51.6 Å². The van der Waals surface area contributed by atoms with Crippen LogP contribution < -0.4 is 4.72 Å². The molecule has 1 N–H and O–H groups in total. The zero-order chi connectivity index (χ0) is 26.0. The molecule has 3 amide bonds. The molecule has 1 aliphatic carbocycles. The van der Waals surface area contributed by atoms with E-state index in [0.29, 0.717) is 11.1 Å². The number of allylic oxidation sites excluding steroid dienone is 1. The quantitative estimate of drug-likeness (QED) is 0.417. The lowest BCUT2D eigenvalue weighted by Gasteiger charge is -2.24. The molecule has 1 fully saturated rings.